The Labute approximate surface area is 175 Å². The van der Waals surface area contributed by atoms with Gasteiger partial charge in [0, 0.05) is 11.3 Å². The van der Waals surface area contributed by atoms with Crippen LogP contribution in [0.4, 0.5) is 13.8 Å². The van der Waals surface area contributed by atoms with Gasteiger partial charge < -0.3 is 20.5 Å². The summed E-state index contributed by atoms with van der Waals surface area (Å²) in [4.78, 5) is 26.3. The lowest BCUT2D eigenvalue weighted by Gasteiger charge is -2.25. The molecule has 1 aromatic heterocycles. The van der Waals surface area contributed by atoms with Crippen LogP contribution in [0.15, 0.2) is 30.7 Å². The molecule has 9 heteroatoms. The van der Waals surface area contributed by atoms with Crippen LogP contribution in [0.1, 0.15) is 46.1 Å². The van der Waals surface area contributed by atoms with E-state index >= 15 is 0 Å². The van der Waals surface area contributed by atoms with Crippen LogP contribution >= 0.6 is 11.3 Å². The number of nitrogens with one attached hydrogen (secondary N) is 1. The lowest BCUT2D eigenvalue weighted by Crippen LogP contribution is -2.32. The number of hydrogen-bond acceptors (Lipinski definition) is 6. The van der Waals surface area contributed by atoms with Crippen LogP contribution in [0.3, 0.4) is 0 Å². The Morgan fingerprint density at radius 2 is 1.87 bits per heavy atom. The van der Waals surface area contributed by atoms with Gasteiger partial charge in [-0.15, -0.1) is 11.3 Å². The fraction of sp³-hybridized carbons (Fsp3) is 0.333. The van der Waals surface area contributed by atoms with Gasteiger partial charge in [0.05, 0.1) is 23.6 Å². The zero-order valence-corrected chi connectivity index (χ0v) is 17.0. The zero-order valence-electron chi connectivity index (χ0n) is 16.2. The van der Waals surface area contributed by atoms with Crippen molar-refractivity contribution in [2.45, 2.75) is 44.4 Å². The highest BCUT2D eigenvalue weighted by atomic mass is 32.1. The Kier molecular flexibility index (Phi) is 5.33. The van der Waals surface area contributed by atoms with E-state index in [1.165, 1.54) is 36.9 Å². The summed E-state index contributed by atoms with van der Waals surface area (Å²) in [5.74, 6) is -4.10. The Hall–Kier alpha value is -2.78. The molecule has 3 N–H and O–H groups in total. The third-order valence-corrected chi connectivity index (χ3v) is 6.34. The molecule has 1 aromatic carbocycles. The number of nitrogens with two attached hydrogens (primary N) is 1. The number of thiophene rings is 1. The minimum atomic E-state index is -0.957. The van der Waals surface area contributed by atoms with E-state index in [4.69, 9.17) is 15.2 Å². The van der Waals surface area contributed by atoms with Crippen molar-refractivity contribution in [2.24, 2.45) is 5.73 Å². The van der Waals surface area contributed by atoms with Gasteiger partial charge in [0.1, 0.15) is 29.2 Å². The van der Waals surface area contributed by atoms with Gasteiger partial charge in [-0.3, -0.25) is 9.59 Å². The molecular formula is C21H20F2N2O4S. The minimum Gasteiger partial charge on any atom is -0.456 e. The first kappa shape index (κ1) is 20.5. The highest BCUT2D eigenvalue weighted by molar-refractivity contribution is 7.17. The summed E-state index contributed by atoms with van der Waals surface area (Å²) in [5.41, 5.74) is 5.74. The number of halogens is 2. The lowest BCUT2D eigenvalue weighted by atomic mass is 9.97. The molecule has 1 unspecified atom stereocenters. The molecule has 4 rings (SSSR count). The van der Waals surface area contributed by atoms with E-state index in [-0.39, 0.29) is 10.6 Å². The van der Waals surface area contributed by atoms with Gasteiger partial charge in [0.25, 0.3) is 5.79 Å². The molecule has 1 aliphatic heterocycles. The van der Waals surface area contributed by atoms with Crippen molar-refractivity contribution < 1.29 is 27.8 Å². The number of amides is 1. The van der Waals surface area contributed by atoms with Crippen molar-refractivity contribution in [3.8, 4) is 0 Å². The van der Waals surface area contributed by atoms with Gasteiger partial charge in [-0.25, -0.2) is 8.78 Å². The lowest BCUT2D eigenvalue weighted by molar-refractivity contribution is -0.144. The smallest absolute Gasteiger partial charge is 0.254 e. The van der Waals surface area contributed by atoms with Crippen LogP contribution < -0.4 is 11.1 Å². The number of benzene rings is 1. The van der Waals surface area contributed by atoms with Crippen LogP contribution in [0, 0.1) is 11.6 Å². The van der Waals surface area contributed by atoms with Crippen LogP contribution in [0.2, 0.25) is 0 Å². The van der Waals surface area contributed by atoms with Crippen LogP contribution in [0.5, 0.6) is 0 Å². The minimum absolute atomic E-state index is 0.0935. The van der Waals surface area contributed by atoms with Gasteiger partial charge in [-0.2, -0.15) is 0 Å². The molecule has 6 nitrogen and oxygen atoms in total. The maximum absolute atomic E-state index is 14.4. The number of rotatable bonds is 4. The van der Waals surface area contributed by atoms with Crippen molar-refractivity contribution in [1.82, 2.24) is 0 Å². The number of ketones is 1. The van der Waals surface area contributed by atoms with Crippen molar-refractivity contribution >= 4 is 28.0 Å². The van der Waals surface area contributed by atoms with Gasteiger partial charge in [-0.05, 0) is 37.5 Å². The number of anilines is 1. The van der Waals surface area contributed by atoms with Crippen molar-refractivity contribution in [2.75, 3.05) is 5.32 Å². The van der Waals surface area contributed by atoms with Crippen LogP contribution in [0.25, 0.3) is 0 Å². The zero-order chi connectivity index (χ0) is 21.5. The molecule has 2 heterocycles. The van der Waals surface area contributed by atoms with E-state index in [0.29, 0.717) is 31.2 Å². The molecule has 2 aromatic rings. The topological polar surface area (TPSA) is 90.7 Å². The molecule has 30 heavy (non-hydrogen) atoms. The predicted molar refractivity (Wildman–Crippen MR) is 107 cm³/mol. The largest absolute Gasteiger partial charge is 0.456 e. The first-order valence-electron chi connectivity index (χ1n) is 9.52. The third-order valence-electron chi connectivity index (χ3n) is 5.19. The SMILES string of the molecule is CC(N)C(=O)Nc1sc2c(c1C(=O)c1c(F)cccc1F)CCCC1(C2)OC=CO1. The van der Waals surface area contributed by atoms with E-state index < -0.39 is 40.7 Å². The van der Waals surface area contributed by atoms with E-state index in [1.807, 2.05) is 0 Å². The molecule has 0 saturated heterocycles. The van der Waals surface area contributed by atoms with Crippen molar-refractivity contribution in [3.63, 3.8) is 0 Å². The highest BCUT2D eigenvalue weighted by Gasteiger charge is 2.41. The molecule has 0 fully saturated rings. The molecular weight excluding hydrogens is 414 g/mol. The van der Waals surface area contributed by atoms with E-state index in [9.17, 15) is 18.4 Å². The summed E-state index contributed by atoms with van der Waals surface area (Å²) >= 11 is 1.18. The first-order valence-corrected chi connectivity index (χ1v) is 10.3. The quantitative estimate of drug-likeness (QED) is 0.717. The Balaban J connectivity index is 1.82. The van der Waals surface area contributed by atoms with Gasteiger partial charge in [-0.1, -0.05) is 6.07 Å². The summed E-state index contributed by atoms with van der Waals surface area (Å²) in [5, 5.41) is 2.87. The second-order valence-corrected chi connectivity index (χ2v) is 8.47. The van der Waals surface area contributed by atoms with E-state index in [2.05, 4.69) is 5.32 Å². The van der Waals surface area contributed by atoms with E-state index in [1.54, 1.807) is 0 Å². The number of ether oxygens (including phenoxy) is 2. The molecule has 0 bridgehead atoms. The number of hydrogen-bond donors (Lipinski definition) is 2. The highest BCUT2D eigenvalue weighted by Crippen LogP contribution is 2.43. The standard InChI is InChI=1S/C21H20F2N2O4S/c1-11(24)19(27)25-20-16(18(26)17-13(22)5-2-6-14(17)23)12-4-3-7-21(10-15(12)30-20)28-8-9-29-21/h2,5-6,8-9,11H,3-4,7,10,24H2,1H3,(H,25,27). The van der Waals surface area contributed by atoms with Gasteiger partial charge in [0.15, 0.2) is 0 Å². The average Bonchev–Trinajstić information content (AvgIpc) is 3.22. The molecule has 158 valence electrons. The Morgan fingerprint density at radius 1 is 1.20 bits per heavy atom. The molecule has 2 aliphatic rings. The van der Waals surface area contributed by atoms with Crippen molar-refractivity contribution in [3.05, 3.63) is 63.9 Å². The summed E-state index contributed by atoms with van der Waals surface area (Å²) < 4.78 is 40.0. The molecule has 0 radical (unpaired) electrons. The molecule has 1 atom stereocenters. The second-order valence-electron chi connectivity index (χ2n) is 7.36. The third kappa shape index (κ3) is 3.59. The fourth-order valence-corrected chi connectivity index (χ4v) is 5.05. The average molecular weight is 434 g/mol. The summed E-state index contributed by atoms with van der Waals surface area (Å²) in [6.07, 6.45) is 4.98. The molecule has 1 spiro atoms. The number of fused-ring (bicyclic) bond motifs is 1. The normalized spacial score (nSPS) is 17.6. The van der Waals surface area contributed by atoms with Crippen LogP contribution in [-0.4, -0.2) is 23.5 Å². The predicted octanol–water partition coefficient (Wildman–Crippen LogP) is 3.64. The maximum atomic E-state index is 14.4. The number of carbonyl (C=O) groups is 2. The van der Waals surface area contributed by atoms with Gasteiger partial charge in [0.2, 0.25) is 11.7 Å². The molecule has 1 aliphatic carbocycles. The van der Waals surface area contributed by atoms with Crippen molar-refractivity contribution in [1.29, 1.82) is 0 Å². The fourth-order valence-electron chi connectivity index (χ4n) is 3.71. The summed E-state index contributed by atoms with van der Waals surface area (Å²) in [6.45, 7) is 1.51. The molecule has 0 saturated carbocycles. The molecule has 1 amide bonds. The van der Waals surface area contributed by atoms with Gasteiger partial charge >= 0.3 is 0 Å². The summed E-state index contributed by atoms with van der Waals surface area (Å²) in [6, 6.07) is 2.43. The van der Waals surface area contributed by atoms with Crippen LogP contribution in [-0.2, 0) is 27.1 Å². The Bertz CT molecular complexity index is 1020. The first-order chi connectivity index (χ1) is 14.3. The number of carbonyl (C=O) groups excluding carboxylic acids is 2. The maximum Gasteiger partial charge on any atom is 0.254 e. The Morgan fingerprint density at radius 3 is 2.50 bits per heavy atom. The summed E-state index contributed by atoms with van der Waals surface area (Å²) in [7, 11) is 0. The van der Waals surface area contributed by atoms with E-state index in [0.717, 1.165) is 17.0 Å². The second kappa shape index (κ2) is 7.81. The monoisotopic (exact) mass is 434 g/mol.